The molecule has 0 saturated heterocycles. The normalized spacial score (nSPS) is 14.5. The van der Waals surface area contributed by atoms with Crippen molar-refractivity contribution in [3.05, 3.63) is 94.5 Å². The summed E-state index contributed by atoms with van der Waals surface area (Å²) in [5.41, 5.74) is 1.00. The molecule has 0 bridgehead atoms. The predicted octanol–water partition coefficient (Wildman–Crippen LogP) is 5.66. The number of benzene rings is 3. The average Bonchev–Trinajstić information content (AvgIpc) is 3.45. The Morgan fingerprint density at radius 2 is 1.54 bits per heavy atom. The lowest BCUT2D eigenvalue weighted by atomic mass is 10.1. The van der Waals surface area contributed by atoms with Gasteiger partial charge in [0.25, 0.3) is 10.0 Å². The van der Waals surface area contributed by atoms with Crippen molar-refractivity contribution < 1.29 is 18.0 Å². The fourth-order valence-corrected chi connectivity index (χ4v) is 6.36. The molecule has 206 valence electrons. The number of rotatable bonds is 10. The van der Waals surface area contributed by atoms with Gasteiger partial charge >= 0.3 is 0 Å². The number of carbonyl (C=O) groups excluding carboxylic acids is 2. The number of hydrogen-bond donors (Lipinski definition) is 1. The first kappa shape index (κ1) is 28.9. The van der Waals surface area contributed by atoms with Crippen molar-refractivity contribution >= 4 is 50.7 Å². The van der Waals surface area contributed by atoms with Gasteiger partial charge in [0.2, 0.25) is 11.8 Å². The van der Waals surface area contributed by atoms with Crippen LogP contribution in [0.15, 0.2) is 83.8 Å². The zero-order chi connectivity index (χ0) is 28.0. The summed E-state index contributed by atoms with van der Waals surface area (Å²) < 4.78 is 28.6. The van der Waals surface area contributed by atoms with E-state index in [2.05, 4.69) is 5.32 Å². The van der Waals surface area contributed by atoms with Gasteiger partial charge < -0.3 is 10.2 Å². The number of nitrogens with zero attached hydrogens (tertiary/aromatic N) is 2. The van der Waals surface area contributed by atoms with Crippen molar-refractivity contribution in [2.24, 2.45) is 0 Å². The van der Waals surface area contributed by atoms with Crippen LogP contribution in [-0.4, -0.2) is 43.8 Å². The zero-order valence-corrected chi connectivity index (χ0v) is 23.9. The summed E-state index contributed by atoms with van der Waals surface area (Å²) in [6.45, 7) is 1.27. The fourth-order valence-electron chi connectivity index (χ4n) is 4.64. The number of anilines is 1. The first-order valence-corrected chi connectivity index (χ1v) is 15.0. The van der Waals surface area contributed by atoms with Gasteiger partial charge in [0, 0.05) is 12.6 Å². The molecule has 0 heterocycles. The molecule has 0 radical (unpaired) electrons. The van der Waals surface area contributed by atoms with Crippen LogP contribution in [0.2, 0.25) is 10.0 Å². The largest absolute Gasteiger partial charge is 0.352 e. The highest BCUT2D eigenvalue weighted by atomic mass is 35.5. The highest BCUT2D eigenvalue weighted by molar-refractivity contribution is 7.92. The van der Waals surface area contributed by atoms with Gasteiger partial charge in [-0.25, -0.2) is 8.42 Å². The quantitative estimate of drug-likeness (QED) is 0.331. The maximum absolute atomic E-state index is 13.9. The lowest BCUT2D eigenvalue weighted by Crippen LogP contribution is -2.52. The van der Waals surface area contributed by atoms with E-state index in [4.69, 9.17) is 23.2 Å². The number of amides is 2. The lowest BCUT2D eigenvalue weighted by molar-refractivity contribution is -0.139. The van der Waals surface area contributed by atoms with E-state index in [0.717, 1.165) is 35.6 Å². The molecule has 39 heavy (non-hydrogen) atoms. The Balaban J connectivity index is 1.68. The van der Waals surface area contributed by atoms with E-state index < -0.39 is 28.5 Å². The Morgan fingerprint density at radius 3 is 2.15 bits per heavy atom. The standard InChI is InChI=1S/C29H31Cl2N3O4S/c1-21(29(36)32-23-12-8-9-13-23)33(19-22-10-4-2-5-11-22)28(35)20-34(24-16-17-26(30)27(31)18-24)39(37,38)25-14-6-3-7-15-25/h2-7,10-11,14-18,21,23H,8-9,12-13,19-20H2,1H3,(H,32,36)/t21-/m0/s1. The molecule has 1 aliphatic rings. The summed E-state index contributed by atoms with van der Waals surface area (Å²) in [5, 5.41) is 3.47. The Morgan fingerprint density at radius 1 is 0.923 bits per heavy atom. The van der Waals surface area contributed by atoms with E-state index in [1.165, 1.54) is 35.2 Å². The highest BCUT2D eigenvalue weighted by Gasteiger charge is 2.33. The number of carbonyl (C=O) groups is 2. The van der Waals surface area contributed by atoms with Crippen LogP contribution in [0.5, 0.6) is 0 Å². The number of halogens is 2. The first-order chi connectivity index (χ1) is 18.7. The van der Waals surface area contributed by atoms with E-state index in [1.807, 2.05) is 30.3 Å². The van der Waals surface area contributed by atoms with Gasteiger partial charge in [-0.3, -0.25) is 13.9 Å². The maximum atomic E-state index is 13.9. The van der Waals surface area contributed by atoms with Crippen LogP contribution in [0.25, 0.3) is 0 Å². The SMILES string of the molecule is C[C@@H](C(=O)NC1CCCC1)N(Cc1ccccc1)C(=O)CN(c1ccc(Cl)c(Cl)c1)S(=O)(=O)c1ccccc1. The van der Waals surface area contributed by atoms with E-state index in [0.29, 0.717) is 0 Å². The van der Waals surface area contributed by atoms with Crippen LogP contribution < -0.4 is 9.62 Å². The van der Waals surface area contributed by atoms with Crippen molar-refractivity contribution in [3.63, 3.8) is 0 Å². The van der Waals surface area contributed by atoms with Gasteiger partial charge in [0.1, 0.15) is 12.6 Å². The van der Waals surface area contributed by atoms with E-state index in [1.54, 1.807) is 25.1 Å². The van der Waals surface area contributed by atoms with Gasteiger partial charge in [-0.05, 0) is 55.7 Å². The van der Waals surface area contributed by atoms with Gasteiger partial charge in [0.05, 0.1) is 20.6 Å². The van der Waals surface area contributed by atoms with Crippen molar-refractivity contribution in [1.82, 2.24) is 10.2 Å². The van der Waals surface area contributed by atoms with E-state index in [9.17, 15) is 18.0 Å². The third-order valence-corrected chi connectivity index (χ3v) is 9.39. The molecule has 1 aliphatic carbocycles. The topological polar surface area (TPSA) is 86.8 Å². The summed E-state index contributed by atoms with van der Waals surface area (Å²) in [6, 6.07) is 20.8. The van der Waals surface area contributed by atoms with Crippen LogP contribution >= 0.6 is 23.2 Å². The Hall–Kier alpha value is -3.07. The van der Waals surface area contributed by atoms with Crippen molar-refractivity contribution in [1.29, 1.82) is 0 Å². The number of hydrogen-bond acceptors (Lipinski definition) is 4. The summed E-state index contributed by atoms with van der Waals surface area (Å²) in [5.74, 6) is -0.795. The molecule has 0 unspecified atom stereocenters. The lowest BCUT2D eigenvalue weighted by Gasteiger charge is -2.32. The minimum atomic E-state index is -4.17. The molecule has 0 spiro atoms. The van der Waals surface area contributed by atoms with E-state index >= 15 is 0 Å². The van der Waals surface area contributed by atoms with Crippen LogP contribution in [-0.2, 0) is 26.2 Å². The molecule has 1 atom stereocenters. The van der Waals surface area contributed by atoms with Gasteiger partial charge in [-0.2, -0.15) is 0 Å². The van der Waals surface area contributed by atoms with Gasteiger partial charge in [-0.1, -0.05) is 84.6 Å². The second-order valence-corrected chi connectivity index (χ2v) is 12.3. The molecule has 1 fully saturated rings. The molecule has 3 aromatic carbocycles. The Labute approximate surface area is 239 Å². The smallest absolute Gasteiger partial charge is 0.264 e. The highest BCUT2D eigenvalue weighted by Crippen LogP contribution is 2.31. The number of nitrogens with one attached hydrogen (secondary N) is 1. The molecule has 3 aromatic rings. The summed E-state index contributed by atoms with van der Waals surface area (Å²) in [6.07, 6.45) is 3.93. The van der Waals surface area contributed by atoms with Gasteiger partial charge in [-0.15, -0.1) is 0 Å². The zero-order valence-electron chi connectivity index (χ0n) is 21.6. The Bertz CT molecular complexity index is 1400. The average molecular weight is 589 g/mol. The molecule has 10 heteroatoms. The minimum Gasteiger partial charge on any atom is -0.352 e. The molecule has 0 aliphatic heterocycles. The van der Waals surface area contributed by atoms with Crippen LogP contribution in [0.3, 0.4) is 0 Å². The fraction of sp³-hybridized carbons (Fsp3) is 0.310. The van der Waals surface area contributed by atoms with E-state index in [-0.39, 0.29) is 39.1 Å². The van der Waals surface area contributed by atoms with Crippen LogP contribution in [0.1, 0.15) is 38.2 Å². The minimum absolute atomic E-state index is 0.0190. The maximum Gasteiger partial charge on any atom is 0.264 e. The molecular weight excluding hydrogens is 557 g/mol. The first-order valence-electron chi connectivity index (χ1n) is 12.8. The van der Waals surface area contributed by atoms with Gasteiger partial charge in [0.15, 0.2) is 0 Å². The third-order valence-electron chi connectivity index (χ3n) is 6.87. The Kier molecular flexibility index (Phi) is 9.53. The summed E-state index contributed by atoms with van der Waals surface area (Å²) in [7, 11) is -4.17. The molecule has 0 aromatic heterocycles. The van der Waals surface area contributed by atoms with Crippen LogP contribution in [0.4, 0.5) is 5.69 Å². The van der Waals surface area contributed by atoms with Crippen molar-refractivity contribution in [2.75, 3.05) is 10.8 Å². The van der Waals surface area contributed by atoms with Crippen LogP contribution in [0, 0.1) is 0 Å². The van der Waals surface area contributed by atoms with Crippen molar-refractivity contribution in [3.8, 4) is 0 Å². The second kappa shape index (κ2) is 12.9. The second-order valence-electron chi connectivity index (χ2n) is 9.60. The molecular formula is C29H31Cl2N3O4S. The molecule has 1 saturated carbocycles. The molecule has 2 amide bonds. The molecule has 1 N–H and O–H groups in total. The number of sulfonamides is 1. The summed E-state index contributed by atoms with van der Waals surface area (Å²) in [4.78, 5) is 28.6. The third kappa shape index (κ3) is 7.12. The predicted molar refractivity (Wildman–Crippen MR) is 154 cm³/mol. The molecule has 4 rings (SSSR count). The molecule has 7 nitrogen and oxygen atoms in total. The monoisotopic (exact) mass is 587 g/mol. The summed E-state index contributed by atoms with van der Waals surface area (Å²) >= 11 is 12.3. The van der Waals surface area contributed by atoms with Crippen molar-refractivity contribution in [2.45, 2.75) is 56.1 Å².